The molecule has 4 heteroatoms. The Hall–Kier alpha value is -0.770. The highest BCUT2D eigenvalue weighted by atomic mass is 79.9. The minimum absolute atomic E-state index is 0.719. The minimum atomic E-state index is 0.719. The van der Waals surface area contributed by atoms with Crippen LogP contribution in [0.25, 0.3) is 0 Å². The van der Waals surface area contributed by atoms with Crippen LogP contribution in [0.2, 0.25) is 5.02 Å². The predicted molar refractivity (Wildman–Crippen MR) is 68.4 cm³/mol. The number of hydrogen-bond donors (Lipinski definition) is 1. The van der Waals surface area contributed by atoms with Crippen molar-refractivity contribution >= 4 is 27.5 Å². The van der Waals surface area contributed by atoms with Gasteiger partial charge < -0.3 is 9.73 Å². The van der Waals surface area contributed by atoms with E-state index in [-0.39, 0.29) is 0 Å². The normalized spacial score (nSPS) is 10.6. The molecule has 0 aliphatic carbocycles. The second-order valence-electron chi connectivity index (χ2n) is 3.46. The first kappa shape index (κ1) is 11.7. The SMILES string of the molecule is Clc1cc(Br)cc(CNCc2ccco2)c1. The molecule has 0 fully saturated rings. The molecule has 16 heavy (non-hydrogen) atoms. The fourth-order valence-electron chi connectivity index (χ4n) is 1.46. The highest BCUT2D eigenvalue weighted by Crippen LogP contribution is 2.19. The van der Waals surface area contributed by atoms with Crippen LogP contribution in [0.3, 0.4) is 0 Å². The molecular weight excluding hydrogens is 289 g/mol. The second kappa shape index (κ2) is 5.53. The van der Waals surface area contributed by atoms with E-state index in [9.17, 15) is 0 Å². The zero-order valence-electron chi connectivity index (χ0n) is 8.54. The summed E-state index contributed by atoms with van der Waals surface area (Å²) in [5, 5.41) is 4.03. The Kier molecular flexibility index (Phi) is 4.04. The average Bonchev–Trinajstić information content (AvgIpc) is 2.69. The van der Waals surface area contributed by atoms with E-state index < -0.39 is 0 Å². The van der Waals surface area contributed by atoms with Crippen LogP contribution in [0.15, 0.2) is 45.5 Å². The fraction of sp³-hybridized carbons (Fsp3) is 0.167. The first-order chi connectivity index (χ1) is 7.74. The summed E-state index contributed by atoms with van der Waals surface area (Å²) in [5.74, 6) is 0.932. The Labute approximate surface area is 108 Å². The summed E-state index contributed by atoms with van der Waals surface area (Å²) in [5.41, 5.74) is 1.14. The third kappa shape index (κ3) is 3.37. The van der Waals surface area contributed by atoms with Gasteiger partial charge in [0.1, 0.15) is 5.76 Å². The van der Waals surface area contributed by atoms with Crippen LogP contribution in [0.4, 0.5) is 0 Å². The Morgan fingerprint density at radius 2 is 2.12 bits per heavy atom. The molecule has 1 heterocycles. The Morgan fingerprint density at radius 1 is 1.25 bits per heavy atom. The van der Waals surface area contributed by atoms with Crippen LogP contribution >= 0.6 is 27.5 Å². The van der Waals surface area contributed by atoms with Gasteiger partial charge in [-0.05, 0) is 35.9 Å². The van der Waals surface area contributed by atoms with Crippen molar-refractivity contribution in [2.75, 3.05) is 0 Å². The molecule has 1 aromatic heterocycles. The molecule has 1 aromatic carbocycles. The van der Waals surface area contributed by atoms with Crippen LogP contribution in [0.1, 0.15) is 11.3 Å². The van der Waals surface area contributed by atoms with Gasteiger partial charge in [0.05, 0.1) is 12.8 Å². The molecule has 0 amide bonds. The van der Waals surface area contributed by atoms with Gasteiger partial charge in [-0.1, -0.05) is 27.5 Å². The van der Waals surface area contributed by atoms with Crippen molar-refractivity contribution in [3.05, 3.63) is 57.4 Å². The van der Waals surface area contributed by atoms with E-state index in [1.54, 1.807) is 6.26 Å². The second-order valence-corrected chi connectivity index (χ2v) is 4.81. The summed E-state index contributed by atoms with van der Waals surface area (Å²) in [4.78, 5) is 0. The van der Waals surface area contributed by atoms with Gasteiger partial charge in [0.2, 0.25) is 0 Å². The van der Waals surface area contributed by atoms with E-state index in [0.717, 1.165) is 33.9 Å². The van der Waals surface area contributed by atoms with Gasteiger partial charge in [-0.25, -0.2) is 0 Å². The molecule has 0 saturated carbocycles. The molecule has 1 N–H and O–H groups in total. The van der Waals surface area contributed by atoms with E-state index in [1.807, 2.05) is 30.3 Å². The molecule has 0 unspecified atom stereocenters. The van der Waals surface area contributed by atoms with Crippen molar-refractivity contribution in [1.29, 1.82) is 0 Å². The molecule has 0 aliphatic rings. The van der Waals surface area contributed by atoms with Gasteiger partial charge in [0.25, 0.3) is 0 Å². The monoisotopic (exact) mass is 299 g/mol. The van der Waals surface area contributed by atoms with E-state index >= 15 is 0 Å². The molecule has 0 atom stereocenters. The lowest BCUT2D eigenvalue weighted by Crippen LogP contribution is -2.12. The maximum absolute atomic E-state index is 5.95. The lowest BCUT2D eigenvalue weighted by molar-refractivity contribution is 0.483. The highest BCUT2D eigenvalue weighted by molar-refractivity contribution is 9.10. The first-order valence-corrected chi connectivity index (χ1v) is 6.09. The van der Waals surface area contributed by atoms with Crippen molar-refractivity contribution in [2.45, 2.75) is 13.1 Å². The number of furan rings is 1. The highest BCUT2D eigenvalue weighted by Gasteiger charge is 1.99. The van der Waals surface area contributed by atoms with Crippen molar-refractivity contribution < 1.29 is 4.42 Å². The number of nitrogens with one attached hydrogen (secondary N) is 1. The summed E-state index contributed by atoms with van der Waals surface area (Å²) >= 11 is 9.37. The van der Waals surface area contributed by atoms with Crippen LogP contribution in [0.5, 0.6) is 0 Å². The molecule has 2 nitrogen and oxygen atoms in total. The zero-order valence-corrected chi connectivity index (χ0v) is 10.9. The first-order valence-electron chi connectivity index (χ1n) is 4.92. The molecule has 0 spiro atoms. The summed E-state index contributed by atoms with van der Waals surface area (Å²) in [6, 6.07) is 9.69. The van der Waals surface area contributed by atoms with E-state index in [2.05, 4.69) is 21.2 Å². The van der Waals surface area contributed by atoms with Crippen molar-refractivity contribution in [3.63, 3.8) is 0 Å². The maximum atomic E-state index is 5.95. The van der Waals surface area contributed by atoms with E-state index in [0.29, 0.717) is 0 Å². The number of halogens is 2. The van der Waals surface area contributed by atoms with Gasteiger partial charge in [-0.2, -0.15) is 0 Å². The van der Waals surface area contributed by atoms with Gasteiger partial charge in [0.15, 0.2) is 0 Å². The van der Waals surface area contributed by atoms with Crippen molar-refractivity contribution in [3.8, 4) is 0 Å². The third-order valence-electron chi connectivity index (χ3n) is 2.13. The largest absolute Gasteiger partial charge is 0.468 e. The predicted octanol–water partition coefficient (Wildman–Crippen LogP) is 3.99. The minimum Gasteiger partial charge on any atom is -0.468 e. The smallest absolute Gasteiger partial charge is 0.117 e. The molecular formula is C12H11BrClNO. The van der Waals surface area contributed by atoms with Crippen LogP contribution in [-0.2, 0) is 13.1 Å². The molecule has 0 aliphatic heterocycles. The molecule has 0 bridgehead atoms. The number of benzene rings is 1. The van der Waals surface area contributed by atoms with Crippen LogP contribution in [-0.4, -0.2) is 0 Å². The maximum Gasteiger partial charge on any atom is 0.117 e. The summed E-state index contributed by atoms with van der Waals surface area (Å²) in [6.07, 6.45) is 1.67. The third-order valence-corrected chi connectivity index (χ3v) is 2.81. The Morgan fingerprint density at radius 3 is 2.81 bits per heavy atom. The average molecular weight is 301 g/mol. The van der Waals surface area contributed by atoms with Crippen molar-refractivity contribution in [2.24, 2.45) is 0 Å². The molecule has 0 saturated heterocycles. The zero-order chi connectivity index (χ0) is 11.4. The molecule has 84 valence electrons. The van der Waals surface area contributed by atoms with E-state index in [1.165, 1.54) is 0 Å². The Bertz CT molecular complexity index is 436. The van der Waals surface area contributed by atoms with Gasteiger partial charge >= 0.3 is 0 Å². The Balaban J connectivity index is 1.89. The van der Waals surface area contributed by atoms with Crippen LogP contribution < -0.4 is 5.32 Å². The standard InChI is InChI=1S/C12H11BrClNO/c13-10-4-9(5-11(14)6-10)7-15-8-12-2-1-3-16-12/h1-6,15H,7-8H2. The lowest BCUT2D eigenvalue weighted by Gasteiger charge is -2.04. The van der Waals surface area contributed by atoms with Crippen LogP contribution in [0, 0.1) is 0 Å². The molecule has 2 rings (SSSR count). The van der Waals surface area contributed by atoms with Gasteiger partial charge in [-0.3, -0.25) is 0 Å². The lowest BCUT2D eigenvalue weighted by atomic mass is 10.2. The number of rotatable bonds is 4. The van der Waals surface area contributed by atoms with E-state index in [4.69, 9.17) is 16.0 Å². The van der Waals surface area contributed by atoms with Gasteiger partial charge in [0, 0.05) is 16.0 Å². The van der Waals surface area contributed by atoms with Gasteiger partial charge in [-0.15, -0.1) is 0 Å². The topological polar surface area (TPSA) is 25.2 Å². The number of hydrogen-bond acceptors (Lipinski definition) is 2. The summed E-state index contributed by atoms with van der Waals surface area (Å²) in [6.45, 7) is 1.48. The summed E-state index contributed by atoms with van der Waals surface area (Å²) in [7, 11) is 0. The fourth-order valence-corrected chi connectivity index (χ4v) is 2.39. The summed E-state index contributed by atoms with van der Waals surface area (Å²) < 4.78 is 6.22. The molecule has 0 radical (unpaired) electrons. The van der Waals surface area contributed by atoms with Crippen molar-refractivity contribution in [1.82, 2.24) is 5.32 Å². The quantitative estimate of drug-likeness (QED) is 0.924. The molecule has 2 aromatic rings.